The molecular weight excluding hydrogens is 452 g/mol. The van der Waals surface area contributed by atoms with Crippen LogP contribution in [0.15, 0.2) is 48.5 Å². The van der Waals surface area contributed by atoms with Crippen LogP contribution in [0.25, 0.3) is 0 Å². The Hall–Kier alpha value is -2.91. The third-order valence-corrected chi connectivity index (χ3v) is 7.39. The molecule has 0 bridgehead atoms. The Kier molecular flexibility index (Phi) is 9.64. The van der Waals surface area contributed by atoms with Crippen LogP contribution in [0.4, 0.5) is 5.69 Å². The van der Waals surface area contributed by atoms with Gasteiger partial charge in [-0.05, 0) is 49.9 Å². The summed E-state index contributed by atoms with van der Waals surface area (Å²) in [6, 6.07) is 14.1. The fourth-order valence-electron chi connectivity index (χ4n) is 3.68. The highest BCUT2D eigenvalue weighted by Gasteiger charge is 2.34. The Morgan fingerprint density at radius 2 is 1.65 bits per heavy atom. The van der Waals surface area contributed by atoms with Crippen molar-refractivity contribution in [2.75, 3.05) is 31.5 Å². The topological polar surface area (TPSA) is 90.0 Å². The van der Waals surface area contributed by atoms with Crippen molar-refractivity contribution in [1.82, 2.24) is 14.5 Å². The molecule has 0 aliphatic heterocycles. The first-order chi connectivity index (χ1) is 16.0. The second-order valence-electron chi connectivity index (χ2n) is 8.41. The summed E-state index contributed by atoms with van der Waals surface area (Å²) >= 11 is 0. The standard InChI is InChI=1S/C25H36N4O4S/c1-7-22(25(31)26-8-2)28(17-21-12-10-9-11-13-21)24(30)18-29(34(32,33)27(5)6)23-16-19(3)14-15-20(23)4/h9-16,22H,7-8,17-18H2,1-6H3,(H,26,31)/t22-/m1/s1. The number of aryl methyl sites for hydroxylation is 2. The van der Waals surface area contributed by atoms with Gasteiger partial charge in [-0.15, -0.1) is 0 Å². The molecule has 34 heavy (non-hydrogen) atoms. The number of likely N-dealkylation sites (N-methyl/N-ethyl adjacent to an activating group) is 1. The van der Waals surface area contributed by atoms with E-state index < -0.39 is 28.7 Å². The first-order valence-electron chi connectivity index (χ1n) is 11.4. The largest absolute Gasteiger partial charge is 0.355 e. The molecule has 0 aliphatic carbocycles. The molecule has 2 aromatic rings. The normalized spacial score (nSPS) is 12.3. The van der Waals surface area contributed by atoms with Gasteiger partial charge in [-0.2, -0.15) is 12.7 Å². The van der Waals surface area contributed by atoms with E-state index in [1.165, 1.54) is 19.0 Å². The number of nitrogens with one attached hydrogen (secondary N) is 1. The van der Waals surface area contributed by atoms with E-state index in [1.807, 2.05) is 70.2 Å². The minimum absolute atomic E-state index is 0.192. The maximum absolute atomic E-state index is 13.7. The molecule has 0 saturated carbocycles. The molecule has 0 unspecified atom stereocenters. The average Bonchev–Trinajstić information content (AvgIpc) is 2.79. The van der Waals surface area contributed by atoms with Crippen molar-refractivity contribution >= 4 is 27.7 Å². The van der Waals surface area contributed by atoms with E-state index in [0.717, 1.165) is 25.3 Å². The third kappa shape index (κ3) is 6.57. The Bertz CT molecular complexity index is 1090. The summed E-state index contributed by atoms with van der Waals surface area (Å²) in [4.78, 5) is 28.0. The minimum atomic E-state index is -3.98. The summed E-state index contributed by atoms with van der Waals surface area (Å²) in [6.45, 7) is 7.54. The van der Waals surface area contributed by atoms with Crippen molar-refractivity contribution in [2.45, 2.75) is 46.7 Å². The lowest BCUT2D eigenvalue weighted by atomic mass is 10.1. The number of carbonyl (C=O) groups excluding carboxylic acids is 2. The van der Waals surface area contributed by atoms with Gasteiger partial charge in [-0.3, -0.25) is 9.59 Å². The fraction of sp³-hybridized carbons (Fsp3) is 0.440. The van der Waals surface area contributed by atoms with Crippen molar-refractivity contribution in [3.63, 3.8) is 0 Å². The number of rotatable bonds is 11. The Balaban J connectivity index is 2.53. The van der Waals surface area contributed by atoms with Crippen LogP contribution >= 0.6 is 0 Å². The number of hydrogen-bond acceptors (Lipinski definition) is 4. The summed E-state index contributed by atoms with van der Waals surface area (Å²) in [7, 11) is -1.11. The van der Waals surface area contributed by atoms with E-state index in [4.69, 9.17) is 0 Å². The van der Waals surface area contributed by atoms with Gasteiger partial charge in [0.15, 0.2) is 0 Å². The Morgan fingerprint density at radius 3 is 2.21 bits per heavy atom. The second kappa shape index (κ2) is 12.0. The first kappa shape index (κ1) is 27.3. The zero-order chi connectivity index (χ0) is 25.5. The molecule has 1 atom stereocenters. The van der Waals surface area contributed by atoms with Gasteiger partial charge < -0.3 is 10.2 Å². The number of benzene rings is 2. The van der Waals surface area contributed by atoms with Crippen LogP contribution in [0.2, 0.25) is 0 Å². The molecule has 1 N–H and O–H groups in total. The number of hydrogen-bond donors (Lipinski definition) is 1. The van der Waals surface area contributed by atoms with Crippen LogP contribution in [0.3, 0.4) is 0 Å². The van der Waals surface area contributed by atoms with E-state index in [2.05, 4.69) is 5.32 Å². The van der Waals surface area contributed by atoms with Gasteiger partial charge in [0.05, 0.1) is 5.69 Å². The van der Waals surface area contributed by atoms with E-state index in [1.54, 1.807) is 6.07 Å². The van der Waals surface area contributed by atoms with Gasteiger partial charge in [-0.1, -0.05) is 49.4 Å². The molecule has 0 aromatic heterocycles. The van der Waals surface area contributed by atoms with E-state index in [-0.39, 0.29) is 12.5 Å². The van der Waals surface area contributed by atoms with Gasteiger partial charge in [0, 0.05) is 27.2 Å². The fourth-order valence-corrected chi connectivity index (χ4v) is 4.79. The zero-order valence-corrected chi connectivity index (χ0v) is 21.7. The maximum Gasteiger partial charge on any atom is 0.304 e. The summed E-state index contributed by atoms with van der Waals surface area (Å²) in [5.41, 5.74) is 2.90. The second-order valence-corrected chi connectivity index (χ2v) is 10.5. The molecule has 9 heteroatoms. The van der Waals surface area contributed by atoms with Crippen LogP contribution in [-0.2, 0) is 26.3 Å². The van der Waals surface area contributed by atoms with Gasteiger partial charge in [0.2, 0.25) is 11.8 Å². The molecule has 0 spiro atoms. The van der Waals surface area contributed by atoms with Crippen molar-refractivity contribution in [2.24, 2.45) is 0 Å². The third-order valence-electron chi connectivity index (χ3n) is 5.58. The lowest BCUT2D eigenvalue weighted by Crippen LogP contribution is -2.53. The van der Waals surface area contributed by atoms with Crippen LogP contribution in [0.5, 0.6) is 0 Å². The van der Waals surface area contributed by atoms with Crippen molar-refractivity contribution in [3.05, 3.63) is 65.2 Å². The SMILES string of the molecule is CCNC(=O)[C@@H](CC)N(Cc1ccccc1)C(=O)CN(c1cc(C)ccc1C)S(=O)(=O)N(C)C. The number of carbonyl (C=O) groups is 2. The number of anilines is 1. The average molecular weight is 489 g/mol. The van der Waals surface area contributed by atoms with Gasteiger partial charge in [0.1, 0.15) is 12.6 Å². The molecule has 0 fully saturated rings. The van der Waals surface area contributed by atoms with Crippen LogP contribution in [0, 0.1) is 13.8 Å². The molecule has 2 aromatic carbocycles. The number of amides is 2. The molecule has 186 valence electrons. The van der Waals surface area contributed by atoms with Gasteiger partial charge in [0.25, 0.3) is 0 Å². The highest BCUT2D eigenvalue weighted by Crippen LogP contribution is 2.26. The molecule has 0 saturated heterocycles. The lowest BCUT2D eigenvalue weighted by molar-refractivity contribution is -0.140. The minimum Gasteiger partial charge on any atom is -0.355 e. The predicted octanol–water partition coefficient (Wildman–Crippen LogP) is 2.86. The predicted molar refractivity (Wildman–Crippen MR) is 136 cm³/mol. The molecule has 0 radical (unpaired) electrons. The molecule has 0 heterocycles. The Morgan fingerprint density at radius 1 is 1.00 bits per heavy atom. The highest BCUT2D eigenvalue weighted by molar-refractivity contribution is 7.90. The van der Waals surface area contributed by atoms with E-state index in [0.29, 0.717) is 18.7 Å². The molecule has 8 nitrogen and oxygen atoms in total. The summed E-state index contributed by atoms with van der Waals surface area (Å²) in [5.74, 6) is -0.712. The Labute approximate surface area is 203 Å². The van der Waals surface area contributed by atoms with Crippen molar-refractivity contribution in [1.29, 1.82) is 0 Å². The van der Waals surface area contributed by atoms with E-state index >= 15 is 0 Å². The molecular formula is C25H36N4O4S. The highest BCUT2D eigenvalue weighted by atomic mass is 32.2. The summed E-state index contributed by atoms with van der Waals surface area (Å²) in [6.07, 6.45) is 0.397. The first-order valence-corrected chi connectivity index (χ1v) is 12.8. The maximum atomic E-state index is 13.7. The smallest absolute Gasteiger partial charge is 0.304 e. The van der Waals surface area contributed by atoms with Crippen LogP contribution < -0.4 is 9.62 Å². The van der Waals surface area contributed by atoms with Crippen molar-refractivity contribution < 1.29 is 18.0 Å². The van der Waals surface area contributed by atoms with E-state index in [9.17, 15) is 18.0 Å². The van der Waals surface area contributed by atoms with Crippen LogP contribution in [-0.4, -0.2) is 62.7 Å². The quantitative estimate of drug-likeness (QED) is 0.527. The number of nitrogens with zero attached hydrogens (tertiary/aromatic N) is 3. The lowest BCUT2D eigenvalue weighted by Gasteiger charge is -2.34. The molecule has 0 aliphatic rings. The van der Waals surface area contributed by atoms with Crippen LogP contribution in [0.1, 0.15) is 37.0 Å². The van der Waals surface area contributed by atoms with Gasteiger partial charge >= 0.3 is 10.2 Å². The van der Waals surface area contributed by atoms with Gasteiger partial charge in [-0.25, -0.2) is 4.31 Å². The monoisotopic (exact) mass is 488 g/mol. The molecule has 2 rings (SSSR count). The summed E-state index contributed by atoms with van der Waals surface area (Å²) in [5, 5.41) is 2.79. The zero-order valence-electron chi connectivity index (χ0n) is 20.9. The molecule has 2 amide bonds. The van der Waals surface area contributed by atoms with Crippen molar-refractivity contribution in [3.8, 4) is 0 Å². The summed E-state index contributed by atoms with van der Waals surface area (Å²) < 4.78 is 28.8.